The summed E-state index contributed by atoms with van der Waals surface area (Å²) >= 11 is 0. The maximum atomic E-state index is 13.2. The van der Waals surface area contributed by atoms with Gasteiger partial charge in [-0.3, -0.25) is 9.59 Å². The number of methoxy groups -OCH3 is 1. The van der Waals surface area contributed by atoms with E-state index in [0.29, 0.717) is 28.0 Å². The molecular weight excluding hydrogens is 300 g/mol. The molecule has 0 saturated heterocycles. The Balaban J connectivity index is 2.12. The van der Waals surface area contributed by atoms with Gasteiger partial charge in [-0.2, -0.15) is 0 Å². The Kier molecular flexibility index (Phi) is 3.07. The number of rotatable bonds is 1. The fourth-order valence-corrected chi connectivity index (χ4v) is 3.52. The quantitative estimate of drug-likeness (QED) is 0.527. The third kappa shape index (κ3) is 1.78. The molecule has 0 aliphatic heterocycles. The maximum absolute atomic E-state index is 13.2. The third-order valence-electron chi connectivity index (χ3n) is 4.87. The highest BCUT2D eigenvalue weighted by atomic mass is 16.5. The lowest BCUT2D eigenvalue weighted by atomic mass is 9.79. The first kappa shape index (κ1) is 14.6. The van der Waals surface area contributed by atoms with Gasteiger partial charge in [-0.1, -0.05) is 30.3 Å². The summed E-state index contributed by atoms with van der Waals surface area (Å²) in [5, 5.41) is 1.77. The van der Waals surface area contributed by atoms with Gasteiger partial charge in [0.15, 0.2) is 11.6 Å². The number of fused-ring (bicyclic) bond motifs is 4. The highest BCUT2D eigenvalue weighted by Crippen LogP contribution is 2.39. The maximum Gasteiger partial charge on any atom is 0.198 e. The van der Waals surface area contributed by atoms with E-state index in [9.17, 15) is 9.59 Å². The second-order valence-corrected chi connectivity index (χ2v) is 6.14. The lowest BCUT2D eigenvalue weighted by molar-refractivity contribution is 0.0977. The Morgan fingerprint density at radius 1 is 0.833 bits per heavy atom. The van der Waals surface area contributed by atoms with E-state index >= 15 is 0 Å². The van der Waals surface area contributed by atoms with Crippen LogP contribution in [0.3, 0.4) is 0 Å². The minimum Gasteiger partial charge on any atom is -0.496 e. The highest BCUT2D eigenvalue weighted by molar-refractivity contribution is 6.33. The minimum atomic E-state index is -0.148. The lowest BCUT2D eigenvalue weighted by Gasteiger charge is -2.23. The molecule has 118 valence electrons. The largest absolute Gasteiger partial charge is 0.496 e. The Labute approximate surface area is 139 Å². The molecule has 0 amide bonds. The van der Waals surface area contributed by atoms with E-state index in [1.807, 2.05) is 44.2 Å². The van der Waals surface area contributed by atoms with Gasteiger partial charge in [-0.25, -0.2) is 0 Å². The van der Waals surface area contributed by atoms with Gasteiger partial charge in [0.25, 0.3) is 0 Å². The van der Waals surface area contributed by atoms with Crippen molar-refractivity contribution in [2.75, 3.05) is 7.11 Å². The van der Waals surface area contributed by atoms with Crippen molar-refractivity contribution >= 4 is 22.3 Å². The summed E-state index contributed by atoms with van der Waals surface area (Å²) in [7, 11) is 1.54. The van der Waals surface area contributed by atoms with Crippen LogP contribution < -0.4 is 4.74 Å². The van der Waals surface area contributed by atoms with Gasteiger partial charge in [0.1, 0.15) is 5.75 Å². The average Bonchev–Trinajstić information content (AvgIpc) is 2.60. The predicted octanol–water partition coefficient (Wildman–Crippen LogP) is 4.24. The molecule has 0 aromatic heterocycles. The smallest absolute Gasteiger partial charge is 0.198 e. The number of ketones is 2. The molecule has 1 aliphatic rings. The molecular formula is C21H16O3. The molecule has 0 spiro atoms. The molecule has 0 atom stereocenters. The summed E-state index contributed by atoms with van der Waals surface area (Å²) in [5.74, 6) is 0.241. The Morgan fingerprint density at radius 3 is 2.29 bits per heavy atom. The zero-order valence-corrected chi connectivity index (χ0v) is 13.8. The van der Waals surface area contributed by atoms with Gasteiger partial charge < -0.3 is 4.74 Å². The summed E-state index contributed by atoms with van der Waals surface area (Å²) < 4.78 is 5.47. The van der Waals surface area contributed by atoms with Gasteiger partial charge in [0.2, 0.25) is 0 Å². The average molecular weight is 316 g/mol. The van der Waals surface area contributed by atoms with E-state index in [0.717, 1.165) is 21.9 Å². The van der Waals surface area contributed by atoms with Crippen LogP contribution in [0.1, 0.15) is 43.0 Å². The molecule has 1 aliphatic carbocycles. The molecule has 24 heavy (non-hydrogen) atoms. The van der Waals surface area contributed by atoms with Crippen LogP contribution in [0.2, 0.25) is 0 Å². The fraction of sp³-hybridized carbons (Fsp3) is 0.143. The first-order valence-corrected chi connectivity index (χ1v) is 7.84. The van der Waals surface area contributed by atoms with Crippen molar-refractivity contribution in [1.82, 2.24) is 0 Å². The number of aryl methyl sites for hydroxylation is 1. The molecule has 4 rings (SSSR count). The molecule has 0 fully saturated rings. The third-order valence-corrected chi connectivity index (χ3v) is 4.87. The molecule has 3 aromatic rings. The van der Waals surface area contributed by atoms with Crippen LogP contribution in [0.5, 0.6) is 5.75 Å². The van der Waals surface area contributed by atoms with E-state index < -0.39 is 0 Å². The van der Waals surface area contributed by atoms with E-state index in [1.165, 1.54) is 7.11 Å². The summed E-state index contributed by atoms with van der Waals surface area (Å²) in [6.07, 6.45) is 0. The molecule has 0 heterocycles. The number of carbonyl (C=O) groups is 2. The number of hydrogen-bond donors (Lipinski definition) is 0. The Bertz CT molecular complexity index is 1040. The van der Waals surface area contributed by atoms with Crippen LogP contribution >= 0.6 is 0 Å². The SMILES string of the molecule is COc1c(C)c(C)cc2c1C(=O)c1ccc3ccccc3c1C2=O. The number of ether oxygens (including phenoxy) is 1. The van der Waals surface area contributed by atoms with Gasteiger partial charge >= 0.3 is 0 Å². The summed E-state index contributed by atoms with van der Waals surface area (Å²) in [4.78, 5) is 26.3. The fourth-order valence-electron chi connectivity index (χ4n) is 3.52. The minimum absolute atomic E-state index is 0.113. The summed E-state index contributed by atoms with van der Waals surface area (Å²) in [6.45, 7) is 3.83. The van der Waals surface area contributed by atoms with Crippen molar-refractivity contribution in [3.63, 3.8) is 0 Å². The van der Waals surface area contributed by atoms with Crippen molar-refractivity contribution in [3.05, 3.63) is 75.8 Å². The van der Waals surface area contributed by atoms with Crippen LogP contribution in [-0.2, 0) is 0 Å². The van der Waals surface area contributed by atoms with Crippen molar-refractivity contribution in [2.45, 2.75) is 13.8 Å². The van der Waals surface area contributed by atoms with Gasteiger partial charge in [0.05, 0.1) is 12.7 Å². The van der Waals surface area contributed by atoms with Crippen molar-refractivity contribution in [3.8, 4) is 5.75 Å². The van der Waals surface area contributed by atoms with Crippen molar-refractivity contribution in [2.24, 2.45) is 0 Å². The molecule has 0 saturated carbocycles. The van der Waals surface area contributed by atoms with Crippen molar-refractivity contribution in [1.29, 1.82) is 0 Å². The zero-order valence-electron chi connectivity index (χ0n) is 13.8. The standard InChI is InChI=1S/C21H16O3/c1-11-10-16-18(21(24-3)12(11)2)19(22)15-9-8-13-6-4-5-7-14(13)17(15)20(16)23/h4-10H,1-3H3. The number of benzene rings is 3. The van der Waals surface area contributed by atoms with Crippen molar-refractivity contribution < 1.29 is 14.3 Å². The molecule has 0 radical (unpaired) electrons. The first-order valence-electron chi connectivity index (χ1n) is 7.84. The van der Waals surface area contributed by atoms with Crippen LogP contribution in [0, 0.1) is 13.8 Å². The first-order chi connectivity index (χ1) is 11.5. The molecule has 0 bridgehead atoms. The van der Waals surface area contributed by atoms with E-state index in [-0.39, 0.29) is 11.6 Å². The van der Waals surface area contributed by atoms with Crippen LogP contribution in [-0.4, -0.2) is 18.7 Å². The van der Waals surface area contributed by atoms with Crippen LogP contribution in [0.25, 0.3) is 10.8 Å². The van der Waals surface area contributed by atoms with Gasteiger partial charge in [-0.05, 0) is 47.9 Å². The predicted molar refractivity (Wildman–Crippen MR) is 93.3 cm³/mol. The lowest BCUT2D eigenvalue weighted by Crippen LogP contribution is -2.23. The van der Waals surface area contributed by atoms with Gasteiger partial charge in [0, 0.05) is 16.7 Å². The molecule has 3 nitrogen and oxygen atoms in total. The van der Waals surface area contributed by atoms with Crippen LogP contribution in [0.4, 0.5) is 0 Å². The zero-order chi connectivity index (χ0) is 17.0. The topological polar surface area (TPSA) is 43.4 Å². The molecule has 0 N–H and O–H groups in total. The molecule has 3 aromatic carbocycles. The second kappa shape index (κ2) is 5.03. The van der Waals surface area contributed by atoms with E-state index in [2.05, 4.69) is 0 Å². The Morgan fingerprint density at radius 2 is 1.54 bits per heavy atom. The summed E-state index contributed by atoms with van der Waals surface area (Å²) in [5.41, 5.74) is 3.60. The molecule has 3 heteroatoms. The van der Waals surface area contributed by atoms with Crippen LogP contribution in [0.15, 0.2) is 42.5 Å². The highest BCUT2D eigenvalue weighted by Gasteiger charge is 2.34. The van der Waals surface area contributed by atoms with Gasteiger partial charge in [-0.15, -0.1) is 0 Å². The monoisotopic (exact) mass is 316 g/mol. The second-order valence-electron chi connectivity index (χ2n) is 6.14. The number of hydrogen-bond acceptors (Lipinski definition) is 3. The molecule has 0 unspecified atom stereocenters. The van der Waals surface area contributed by atoms with E-state index in [1.54, 1.807) is 12.1 Å². The summed E-state index contributed by atoms with van der Waals surface area (Å²) in [6, 6.07) is 13.1. The Hall–Kier alpha value is -2.94. The normalized spacial score (nSPS) is 13.0. The van der Waals surface area contributed by atoms with E-state index in [4.69, 9.17) is 4.74 Å². The number of carbonyl (C=O) groups excluding carboxylic acids is 2.